The van der Waals surface area contributed by atoms with Gasteiger partial charge in [-0.3, -0.25) is 4.84 Å². The van der Waals surface area contributed by atoms with Gasteiger partial charge in [0.05, 0.1) is 11.2 Å². The molecule has 0 radical (unpaired) electrons. The van der Waals surface area contributed by atoms with Gasteiger partial charge in [0.25, 0.3) is 0 Å². The van der Waals surface area contributed by atoms with Crippen molar-refractivity contribution in [3.63, 3.8) is 0 Å². The van der Waals surface area contributed by atoms with Crippen molar-refractivity contribution < 1.29 is 17.7 Å². The zero-order chi connectivity index (χ0) is 18.9. The molecule has 0 bridgehead atoms. The maximum absolute atomic E-state index is 13.4. The van der Waals surface area contributed by atoms with Crippen LogP contribution in [0.4, 0.5) is 0 Å². The largest absolute Gasteiger partial charge is 0.466 e. The van der Waals surface area contributed by atoms with Gasteiger partial charge in [0.15, 0.2) is 6.17 Å². The smallest absolute Gasteiger partial charge is 0.245 e. The molecule has 0 amide bonds. The fraction of sp³-hybridized carbons (Fsp3) is 0.200. The third kappa shape index (κ3) is 3.42. The molecular weight excluding hydrogens is 364 g/mol. The number of sulfonamides is 1. The van der Waals surface area contributed by atoms with Crippen LogP contribution in [0.15, 0.2) is 88.4 Å². The van der Waals surface area contributed by atoms with Crippen LogP contribution in [0.5, 0.6) is 0 Å². The highest BCUT2D eigenvalue weighted by molar-refractivity contribution is 7.89. The molecule has 4 rings (SSSR count). The van der Waals surface area contributed by atoms with Crippen LogP contribution in [0, 0.1) is 0 Å². The van der Waals surface area contributed by atoms with Crippen LogP contribution in [0.25, 0.3) is 0 Å². The average molecular weight is 384 g/mol. The van der Waals surface area contributed by atoms with Gasteiger partial charge in [0.2, 0.25) is 10.0 Å². The van der Waals surface area contributed by atoms with E-state index in [-0.39, 0.29) is 11.4 Å². The number of hydrogen-bond donors (Lipinski definition) is 0. The van der Waals surface area contributed by atoms with Gasteiger partial charge in [0.1, 0.15) is 11.9 Å². The molecule has 1 fully saturated rings. The van der Waals surface area contributed by atoms with Crippen molar-refractivity contribution in [2.75, 3.05) is 13.6 Å². The zero-order valence-electron chi connectivity index (χ0n) is 14.8. The van der Waals surface area contributed by atoms with Crippen molar-refractivity contribution in [1.29, 1.82) is 0 Å². The van der Waals surface area contributed by atoms with E-state index in [0.29, 0.717) is 5.76 Å². The van der Waals surface area contributed by atoms with Gasteiger partial charge < -0.3 is 4.42 Å². The molecule has 1 aliphatic rings. The van der Waals surface area contributed by atoms with Crippen LogP contribution in [0.2, 0.25) is 0 Å². The van der Waals surface area contributed by atoms with Gasteiger partial charge >= 0.3 is 0 Å². The zero-order valence-corrected chi connectivity index (χ0v) is 15.6. The van der Waals surface area contributed by atoms with Gasteiger partial charge in [-0.15, -0.1) is 0 Å². The van der Waals surface area contributed by atoms with Gasteiger partial charge in [-0.2, -0.15) is 9.37 Å². The summed E-state index contributed by atoms with van der Waals surface area (Å²) in [5.74, 6) is 0.503. The first-order chi connectivity index (χ1) is 13.1. The average Bonchev–Trinajstić information content (AvgIpc) is 3.23. The topological polar surface area (TPSA) is 63.0 Å². The summed E-state index contributed by atoms with van der Waals surface area (Å²) < 4.78 is 33.8. The van der Waals surface area contributed by atoms with Crippen LogP contribution in [0.3, 0.4) is 0 Å². The molecule has 7 heteroatoms. The summed E-state index contributed by atoms with van der Waals surface area (Å²) in [6.07, 6.45) is 0.422. The van der Waals surface area contributed by atoms with Crippen LogP contribution < -0.4 is 0 Å². The second-order valence-corrected chi connectivity index (χ2v) is 8.22. The molecule has 140 valence electrons. The lowest BCUT2D eigenvalue weighted by Crippen LogP contribution is -2.50. The molecule has 1 saturated heterocycles. The van der Waals surface area contributed by atoms with E-state index in [1.807, 2.05) is 30.3 Å². The van der Waals surface area contributed by atoms with Crippen molar-refractivity contribution in [3.8, 4) is 0 Å². The molecule has 0 spiro atoms. The summed E-state index contributed by atoms with van der Waals surface area (Å²) in [7, 11) is -2.04. The van der Waals surface area contributed by atoms with E-state index in [1.165, 1.54) is 10.6 Å². The van der Waals surface area contributed by atoms with Crippen molar-refractivity contribution in [1.82, 2.24) is 9.37 Å². The molecule has 0 unspecified atom stereocenters. The number of hydroxylamine groups is 2. The summed E-state index contributed by atoms with van der Waals surface area (Å²) in [6, 6.07) is 21.5. The Bertz CT molecular complexity index is 975. The Morgan fingerprint density at radius 2 is 1.59 bits per heavy atom. The van der Waals surface area contributed by atoms with Crippen molar-refractivity contribution >= 4 is 10.0 Å². The molecule has 3 aromatic rings. The summed E-state index contributed by atoms with van der Waals surface area (Å²) in [5.41, 5.74) is 0.913. The third-order valence-corrected chi connectivity index (χ3v) is 6.41. The minimum Gasteiger partial charge on any atom is -0.466 e. The van der Waals surface area contributed by atoms with Crippen LogP contribution in [-0.4, -0.2) is 31.4 Å². The van der Waals surface area contributed by atoms with Crippen LogP contribution >= 0.6 is 0 Å². The van der Waals surface area contributed by atoms with Gasteiger partial charge in [-0.25, -0.2) is 8.42 Å². The van der Waals surface area contributed by atoms with Gasteiger partial charge in [-0.1, -0.05) is 48.5 Å². The summed E-state index contributed by atoms with van der Waals surface area (Å²) >= 11 is 0. The lowest BCUT2D eigenvalue weighted by atomic mass is 10.1. The highest BCUT2D eigenvalue weighted by Gasteiger charge is 2.43. The second kappa shape index (κ2) is 7.28. The molecule has 2 heterocycles. The minimum atomic E-state index is -3.76. The molecule has 0 N–H and O–H groups in total. The second-order valence-electron chi connectivity index (χ2n) is 6.33. The Kier molecular flexibility index (Phi) is 4.84. The number of nitrogens with zero attached hydrogens (tertiary/aromatic N) is 2. The first-order valence-corrected chi connectivity index (χ1v) is 10.1. The predicted molar refractivity (Wildman–Crippen MR) is 99.8 cm³/mol. The van der Waals surface area contributed by atoms with E-state index in [2.05, 4.69) is 0 Å². The van der Waals surface area contributed by atoms with Gasteiger partial charge in [-0.05, 0) is 29.8 Å². The van der Waals surface area contributed by atoms with E-state index in [9.17, 15) is 8.42 Å². The molecule has 0 saturated carbocycles. The van der Waals surface area contributed by atoms with Gasteiger partial charge in [0, 0.05) is 13.6 Å². The Morgan fingerprint density at radius 3 is 2.22 bits per heavy atom. The normalized spacial score (nSPS) is 22.0. The quantitative estimate of drug-likeness (QED) is 0.688. The standard InChI is InChI=1S/C20H20N2O4S/c1-21-20(18-13-8-14-25-18)22(27(23,24)17-11-6-3-7-12-17)15-19(26-21)16-9-4-2-5-10-16/h2-14,19-20H,15H2,1H3/t19-,20+/m1/s1. The fourth-order valence-electron chi connectivity index (χ4n) is 3.29. The number of benzene rings is 2. The van der Waals surface area contributed by atoms with Crippen molar-refractivity contribution in [3.05, 3.63) is 90.4 Å². The molecule has 1 aromatic heterocycles. The molecule has 27 heavy (non-hydrogen) atoms. The Balaban J connectivity index is 1.77. The molecule has 6 nitrogen and oxygen atoms in total. The molecular formula is C20H20N2O4S. The van der Waals surface area contributed by atoms with E-state index in [4.69, 9.17) is 9.25 Å². The van der Waals surface area contributed by atoms with Crippen LogP contribution in [0.1, 0.15) is 23.6 Å². The first kappa shape index (κ1) is 17.9. The maximum Gasteiger partial charge on any atom is 0.245 e. The number of rotatable bonds is 4. The lowest BCUT2D eigenvalue weighted by Gasteiger charge is -2.42. The molecule has 2 atom stereocenters. The number of furan rings is 1. The summed E-state index contributed by atoms with van der Waals surface area (Å²) in [4.78, 5) is 6.28. The lowest BCUT2D eigenvalue weighted by molar-refractivity contribution is -0.268. The maximum atomic E-state index is 13.4. The van der Waals surface area contributed by atoms with E-state index < -0.39 is 22.3 Å². The van der Waals surface area contributed by atoms with E-state index in [1.54, 1.807) is 54.6 Å². The number of hydrogen-bond acceptors (Lipinski definition) is 5. The van der Waals surface area contributed by atoms with Crippen LogP contribution in [-0.2, 0) is 14.9 Å². The third-order valence-electron chi connectivity index (χ3n) is 4.58. The highest BCUT2D eigenvalue weighted by Crippen LogP contribution is 2.38. The summed E-state index contributed by atoms with van der Waals surface area (Å²) in [5, 5.41) is 1.54. The monoisotopic (exact) mass is 384 g/mol. The SMILES string of the molecule is CN1O[C@@H](c2ccccc2)CN(S(=O)(=O)c2ccccc2)[C@H]1c1ccco1. The molecule has 1 aliphatic heterocycles. The Morgan fingerprint density at radius 1 is 0.926 bits per heavy atom. The van der Waals surface area contributed by atoms with E-state index in [0.717, 1.165) is 5.56 Å². The summed E-state index contributed by atoms with van der Waals surface area (Å²) in [6.45, 7) is 0.178. The Hall–Kier alpha value is -2.45. The Labute approximate surface area is 158 Å². The fourth-order valence-corrected chi connectivity index (χ4v) is 4.89. The molecule has 0 aliphatic carbocycles. The highest BCUT2D eigenvalue weighted by atomic mass is 32.2. The van der Waals surface area contributed by atoms with Crippen molar-refractivity contribution in [2.24, 2.45) is 0 Å². The van der Waals surface area contributed by atoms with E-state index >= 15 is 0 Å². The van der Waals surface area contributed by atoms with Crippen molar-refractivity contribution in [2.45, 2.75) is 17.2 Å². The minimum absolute atomic E-state index is 0.178. The predicted octanol–water partition coefficient (Wildman–Crippen LogP) is 3.59. The first-order valence-electron chi connectivity index (χ1n) is 8.62. The molecule has 2 aromatic carbocycles.